The second-order valence-corrected chi connectivity index (χ2v) is 9.18. The molecule has 1 saturated carbocycles. The van der Waals surface area contributed by atoms with Crippen LogP contribution in [0.4, 0.5) is 8.78 Å². The number of aromatic nitrogens is 2. The summed E-state index contributed by atoms with van der Waals surface area (Å²) >= 11 is 0. The summed E-state index contributed by atoms with van der Waals surface area (Å²) in [6, 6.07) is 14.1. The lowest BCUT2D eigenvalue weighted by Gasteiger charge is -2.28. The largest absolute Gasteiger partial charge is 0.450 e. The van der Waals surface area contributed by atoms with Crippen LogP contribution < -0.4 is 5.46 Å². The molecular formula is C26H26BF2N2O2. The van der Waals surface area contributed by atoms with Crippen molar-refractivity contribution in [2.24, 2.45) is 5.92 Å². The van der Waals surface area contributed by atoms with Crippen molar-refractivity contribution in [3.63, 3.8) is 0 Å². The van der Waals surface area contributed by atoms with E-state index >= 15 is 0 Å². The van der Waals surface area contributed by atoms with Crippen LogP contribution in [0.2, 0.25) is 0 Å². The van der Waals surface area contributed by atoms with Crippen molar-refractivity contribution in [1.82, 2.24) is 9.72 Å². The smallest absolute Gasteiger partial charge is 0.326 e. The molecule has 4 nitrogen and oxygen atoms in total. The van der Waals surface area contributed by atoms with E-state index in [-0.39, 0.29) is 18.8 Å². The number of aryl methyl sites for hydroxylation is 2. The maximum atomic E-state index is 13.7. The number of benzene rings is 2. The lowest BCUT2D eigenvalue weighted by Crippen LogP contribution is -2.26. The first kappa shape index (κ1) is 21.9. The van der Waals surface area contributed by atoms with E-state index in [1.165, 1.54) is 0 Å². The summed E-state index contributed by atoms with van der Waals surface area (Å²) in [7, 11) is 1.09. The molecule has 0 aliphatic heterocycles. The van der Waals surface area contributed by atoms with Gasteiger partial charge < -0.3 is 14.1 Å². The van der Waals surface area contributed by atoms with Gasteiger partial charge in [0.15, 0.2) is 0 Å². The van der Waals surface area contributed by atoms with Gasteiger partial charge in [0.25, 0.3) is 0 Å². The molecule has 0 bridgehead atoms. The van der Waals surface area contributed by atoms with Crippen LogP contribution in [-0.4, -0.2) is 28.2 Å². The first-order chi connectivity index (χ1) is 15.8. The van der Waals surface area contributed by atoms with Crippen molar-refractivity contribution in [3.05, 3.63) is 60.1 Å². The highest BCUT2D eigenvalue weighted by Gasteiger charge is 2.35. The number of alkyl halides is 2. The van der Waals surface area contributed by atoms with E-state index in [4.69, 9.17) is 4.52 Å². The molecule has 2 aromatic heterocycles. The highest BCUT2D eigenvalue weighted by atomic mass is 19.3. The van der Waals surface area contributed by atoms with Gasteiger partial charge in [-0.25, -0.2) is 8.78 Å². The fraction of sp³-hybridized carbons (Fsp3) is 0.346. The van der Waals surface area contributed by atoms with Crippen LogP contribution in [0.25, 0.3) is 33.2 Å². The normalized spacial score (nSPS) is 16.4. The SMILES string of the molecule is Cc1noc(C)c1-c1ccc2c(-c3ccc([B]O)cc3)cn(CC3CCC(F)(F)CC3)c2c1. The molecule has 33 heavy (non-hydrogen) atoms. The van der Waals surface area contributed by atoms with Crippen LogP contribution in [0.15, 0.2) is 53.2 Å². The van der Waals surface area contributed by atoms with E-state index in [1.807, 2.05) is 38.1 Å². The molecule has 1 aliphatic rings. The Bertz CT molecular complexity index is 1260. The number of hydrogen-bond acceptors (Lipinski definition) is 3. The topological polar surface area (TPSA) is 51.2 Å². The molecule has 0 amide bonds. The number of halogens is 2. The van der Waals surface area contributed by atoms with E-state index in [2.05, 4.69) is 34.1 Å². The zero-order valence-electron chi connectivity index (χ0n) is 18.8. The molecule has 1 radical (unpaired) electrons. The zero-order valence-corrected chi connectivity index (χ0v) is 18.8. The molecule has 5 rings (SSSR count). The highest BCUT2D eigenvalue weighted by Crippen LogP contribution is 2.39. The Kier molecular flexibility index (Phi) is 5.61. The molecule has 1 fully saturated rings. The Morgan fingerprint density at radius 2 is 1.79 bits per heavy atom. The molecule has 7 heteroatoms. The third-order valence-electron chi connectivity index (χ3n) is 6.87. The zero-order chi connectivity index (χ0) is 23.2. The number of fused-ring (bicyclic) bond motifs is 1. The monoisotopic (exact) mass is 447 g/mol. The van der Waals surface area contributed by atoms with Gasteiger partial charge in [-0.1, -0.05) is 47.0 Å². The number of nitrogens with zero attached hydrogens (tertiary/aromatic N) is 2. The summed E-state index contributed by atoms with van der Waals surface area (Å²) < 4.78 is 35.0. The van der Waals surface area contributed by atoms with Crippen LogP contribution in [0.3, 0.4) is 0 Å². The number of rotatable bonds is 5. The van der Waals surface area contributed by atoms with Gasteiger partial charge in [-0.15, -0.1) is 0 Å². The minimum atomic E-state index is -2.53. The molecule has 1 aliphatic carbocycles. The standard InChI is InChI=1S/C26H26BF2N2O2/c1-16-25(17(2)33-30-16)20-5-8-22-23(19-3-6-21(27-32)7-4-19)15-31(24(22)13-20)14-18-9-11-26(28,29)12-10-18/h3-8,13,15,18,32H,9-12,14H2,1-2H3. The van der Waals surface area contributed by atoms with Crippen molar-refractivity contribution in [3.8, 4) is 22.3 Å². The van der Waals surface area contributed by atoms with Crippen molar-refractivity contribution >= 4 is 23.8 Å². The van der Waals surface area contributed by atoms with Gasteiger partial charge in [0.2, 0.25) is 5.92 Å². The second kappa shape index (κ2) is 8.45. The first-order valence-corrected chi connectivity index (χ1v) is 11.4. The van der Waals surface area contributed by atoms with E-state index in [9.17, 15) is 13.8 Å². The molecule has 2 aromatic carbocycles. The first-order valence-electron chi connectivity index (χ1n) is 11.4. The van der Waals surface area contributed by atoms with Crippen LogP contribution in [0, 0.1) is 19.8 Å². The molecular weight excluding hydrogens is 421 g/mol. The van der Waals surface area contributed by atoms with E-state index < -0.39 is 5.92 Å². The Morgan fingerprint density at radius 3 is 2.42 bits per heavy atom. The summed E-state index contributed by atoms with van der Waals surface area (Å²) in [5.74, 6) is -1.53. The van der Waals surface area contributed by atoms with Crippen molar-refractivity contribution in [1.29, 1.82) is 0 Å². The van der Waals surface area contributed by atoms with Gasteiger partial charge in [-0.3, -0.25) is 0 Å². The molecule has 2 heterocycles. The van der Waals surface area contributed by atoms with Crippen LogP contribution in [-0.2, 0) is 6.54 Å². The summed E-state index contributed by atoms with van der Waals surface area (Å²) in [6.07, 6.45) is 3.13. The molecule has 0 saturated heterocycles. The second-order valence-electron chi connectivity index (χ2n) is 9.18. The van der Waals surface area contributed by atoms with Crippen LogP contribution in [0.1, 0.15) is 37.1 Å². The minimum Gasteiger partial charge on any atom is -0.450 e. The van der Waals surface area contributed by atoms with Crippen molar-refractivity contribution in [2.75, 3.05) is 0 Å². The third-order valence-corrected chi connectivity index (χ3v) is 6.87. The van der Waals surface area contributed by atoms with Crippen molar-refractivity contribution in [2.45, 2.75) is 52.0 Å². The van der Waals surface area contributed by atoms with Crippen LogP contribution >= 0.6 is 0 Å². The summed E-state index contributed by atoms with van der Waals surface area (Å²) in [5.41, 5.74) is 6.81. The molecule has 0 spiro atoms. The lowest BCUT2D eigenvalue weighted by molar-refractivity contribution is -0.0472. The average molecular weight is 447 g/mol. The summed E-state index contributed by atoms with van der Waals surface area (Å²) in [4.78, 5) is 0. The predicted octanol–water partition coefficient (Wildman–Crippen LogP) is 5.64. The quantitative estimate of drug-likeness (QED) is 0.403. The highest BCUT2D eigenvalue weighted by molar-refractivity contribution is 6.45. The van der Waals surface area contributed by atoms with E-state index in [0.717, 1.165) is 57.6 Å². The lowest BCUT2D eigenvalue weighted by atomic mass is 9.87. The Balaban J connectivity index is 1.59. The predicted molar refractivity (Wildman–Crippen MR) is 127 cm³/mol. The maximum absolute atomic E-state index is 13.7. The Labute approximate surface area is 192 Å². The summed E-state index contributed by atoms with van der Waals surface area (Å²) in [6.45, 7) is 4.55. The van der Waals surface area contributed by atoms with Gasteiger partial charge in [-0.05, 0) is 49.8 Å². The molecule has 4 aromatic rings. The van der Waals surface area contributed by atoms with E-state index in [0.29, 0.717) is 19.4 Å². The fourth-order valence-corrected chi connectivity index (χ4v) is 5.03. The molecule has 1 N–H and O–H groups in total. The molecule has 0 unspecified atom stereocenters. The maximum Gasteiger partial charge on any atom is 0.326 e. The fourth-order valence-electron chi connectivity index (χ4n) is 5.03. The van der Waals surface area contributed by atoms with E-state index in [1.54, 1.807) is 0 Å². The number of hydrogen-bond donors (Lipinski definition) is 1. The summed E-state index contributed by atoms with van der Waals surface area (Å²) in [5, 5.41) is 14.5. The minimum absolute atomic E-state index is 0.0345. The average Bonchev–Trinajstić information content (AvgIpc) is 3.34. The van der Waals surface area contributed by atoms with Crippen molar-refractivity contribution < 1.29 is 18.3 Å². The van der Waals surface area contributed by atoms with Crippen LogP contribution in [0.5, 0.6) is 0 Å². The Morgan fingerprint density at radius 1 is 1.09 bits per heavy atom. The van der Waals surface area contributed by atoms with Gasteiger partial charge in [-0.2, -0.15) is 0 Å². The van der Waals surface area contributed by atoms with Gasteiger partial charge in [0, 0.05) is 47.6 Å². The third kappa shape index (κ3) is 4.22. The van der Waals surface area contributed by atoms with Gasteiger partial charge in [0.1, 0.15) is 5.76 Å². The van der Waals surface area contributed by atoms with Gasteiger partial charge in [0.05, 0.1) is 5.69 Å². The van der Waals surface area contributed by atoms with Gasteiger partial charge >= 0.3 is 7.48 Å². The molecule has 169 valence electrons. The Hall–Kier alpha value is -2.93. The molecule has 0 atom stereocenters.